The highest BCUT2D eigenvalue weighted by Crippen LogP contribution is 2.70. The predicted molar refractivity (Wildman–Crippen MR) is 115 cm³/mol. The quantitative estimate of drug-likeness (QED) is 0.617. The Morgan fingerprint density at radius 1 is 1.09 bits per heavy atom. The number of benzene rings is 1. The maximum Gasteiger partial charge on any atom is 0.342 e. The van der Waals surface area contributed by atoms with Gasteiger partial charge in [0.25, 0.3) is 5.97 Å². The topological polar surface area (TPSA) is 104 Å². The van der Waals surface area contributed by atoms with Gasteiger partial charge in [0, 0.05) is 35.3 Å². The number of methoxy groups -OCH3 is 1. The predicted octanol–water partition coefficient (Wildman–Crippen LogP) is 2.76. The SMILES string of the molecule is COc1c2c(c(C)c3c1C(=O)OC3)O[C@]1(C)C[C@@H](O)[C@@]34O[C@@](O)(CC[C@]3(C)C1C2)OC4(C)C. The van der Waals surface area contributed by atoms with Crippen molar-refractivity contribution in [2.45, 2.75) is 95.8 Å². The van der Waals surface area contributed by atoms with Crippen LogP contribution in [0.25, 0.3) is 0 Å². The normalized spacial score (nSPS) is 44.2. The van der Waals surface area contributed by atoms with Gasteiger partial charge in [-0.3, -0.25) is 0 Å². The van der Waals surface area contributed by atoms with Crippen molar-refractivity contribution in [2.24, 2.45) is 11.3 Å². The van der Waals surface area contributed by atoms with Crippen LogP contribution in [0.4, 0.5) is 0 Å². The van der Waals surface area contributed by atoms with Crippen molar-refractivity contribution in [2.75, 3.05) is 7.11 Å². The molecule has 1 spiro atoms. The van der Waals surface area contributed by atoms with Gasteiger partial charge < -0.3 is 33.9 Å². The lowest BCUT2D eigenvalue weighted by atomic mass is 9.46. The highest BCUT2D eigenvalue weighted by atomic mass is 16.9. The fourth-order valence-corrected chi connectivity index (χ4v) is 8.09. The average molecular weight is 461 g/mol. The van der Waals surface area contributed by atoms with Gasteiger partial charge in [-0.05, 0) is 46.1 Å². The maximum absolute atomic E-state index is 12.5. The molecular formula is C25H32O8. The standard InChI is InChI=1S/C25H32O8/c1-12-14-11-30-20(27)17(14)19(29-6)13-9-15-22(4)7-8-24(28)32-21(2,3)25(22,33-24)16(26)10-23(15,5)31-18(12)13/h15-16,26,28H,7-11H2,1-6H3/t15?,16-,22-,23-,24-,25+/m1/s1. The molecule has 8 nitrogen and oxygen atoms in total. The van der Waals surface area contributed by atoms with E-state index in [1.165, 1.54) is 0 Å². The van der Waals surface area contributed by atoms with Crippen molar-refractivity contribution in [3.63, 3.8) is 0 Å². The number of esters is 1. The van der Waals surface area contributed by atoms with Crippen LogP contribution in [0.5, 0.6) is 11.5 Å². The lowest BCUT2D eigenvalue weighted by Gasteiger charge is -2.66. The molecule has 4 heterocycles. The van der Waals surface area contributed by atoms with Crippen LogP contribution in [-0.2, 0) is 27.2 Å². The summed E-state index contributed by atoms with van der Waals surface area (Å²) >= 11 is 0. The Bertz CT molecular complexity index is 1100. The highest BCUT2D eigenvalue weighted by molar-refractivity contribution is 5.98. The molecule has 1 aromatic rings. The lowest BCUT2D eigenvalue weighted by Crippen LogP contribution is -2.76. The molecule has 1 aliphatic carbocycles. The van der Waals surface area contributed by atoms with Crippen LogP contribution >= 0.6 is 0 Å². The van der Waals surface area contributed by atoms with Gasteiger partial charge in [-0.25, -0.2) is 4.79 Å². The molecule has 6 rings (SSSR count). The number of rotatable bonds is 1. The number of aliphatic hydroxyl groups excluding tert-OH is 1. The van der Waals surface area contributed by atoms with E-state index >= 15 is 0 Å². The van der Waals surface area contributed by atoms with Gasteiger partial charge in [0.1, 0.15) is 40.5 Å². The summed E-state index contributed by atoms with van der Waals surface area (Å²) in [5.74, 6) is -0.947. The van der Waals surface area contributed by atoms with Crippen LogP contribution in [0.1, 0.15) is 74.0 Å². The molecule has 6 atom stereocenters. The van der Waals surface area contributed by atoms with Gasteiger partial charge in [0.15, 0.2) is 0 Å². The molecule has 2 saturated heterocycles. The van der Waals surface area contributed by atoms with Crippen molar-refractivity contribution in [1.82, 2.24) is 0 Å². The fourth-order valence-electron chi connectivity index (χ4n) is 8.09. The van der Waals surface area contributed by atoms with Crippen molar-refractivity contribution in [1.29, 1.82) is 0 Å². The molecule has 0 radical (unpaired) electrons. The van der Waals surface area contributed by atoms with Crippen LogP contribution in [0.15, 0.2) is 0 Å². The van der Waals surface area contributed by atoms with Crippen LogP contribution in [0, 0.1) is 18.3 Å². The van der Waals surface area contributed by atoms with Crippen molar-refractivity contribution in [3.8, 4) is 11.5 Å². The number of hydrogen-bond acceptors (Lipinski definition) is 8. The number of carbonyl (C=O) groups is 1. The summed E-state index contributed by atoms with van der Waals surface area (Å²) in [5, 5.41) is 22.6. The molecule has 4 aliphatic heterocycles. The summed E-state index contributed by atoms with van der Waals surface area (Å²) < 4.78 is 30.2. The molecule has 1 aromatic carbocycles. The van der Waals surface area contributed by atoms with E-state index in [1.807, 2.05) is 27.7 Å². The third-order valence-corrected chi connectivity index (χ3v) is 9.38. The van der Waals surface area contributed by atoms with E-state index in [-0.39, 0.29) is 18.5 Å². The molecule has 5 aliphatic rings. The summed E-state index contributed by atoms with van der Waals surface area (Å²) in [6.07, 6.45) is 0.893. The minimum Gasteiger partial charge on any atom is -0.495 e. The second-order valence-corrected chi connectivity index (χ2v) is 11.4. The Balaban J connectivity index is 1.56. The first-order valence-electron chi connectivity index (χ1n) is 11.7. The summed E-state index contributed by atoms with van der Waals surface area (Å²) in [7, 11) is 1.57. The molecule has 2 N–H and O–H groups in total. The molecule has 1 unspecified atom stereocenters. The van der Waals surface area contributed by atoms with E-state index in [2.05, 4.69) is 6.92 Å². The molecule has 180 valence electrons. The number of carbonyl (C=O) groups excluding carboxylic acids is 1. The van der Waals surface area contributed by atoms with Crippen LogP contribution in [-0.4, -0.2) is 52.2 Å². The zero-order chi connectivity index (χ0) is 23.8. The first-order chi connectivity index (χ1) is 15.3. The zero-order valence-electron chi connectivity index (χ0n) is 20.0. The highest BCUT2D eigenvalue weighted by Gasteiger charge is 2.80. The second-order valence-electron chi connectivity index (χ2n) is 11.4. The molecule has 3 fully saturated rings. The molecule has 0 amide bonds. The zero-order valence-corrected chi connectivity index (χ0v) is 20.0. The summed E-state index contributed by atoms with van der Waals surface area (Å²) in [6.45, 7) is 10.1. The largest absolute Gasteiger partial charge is 0.495 e. The number of hydrogen-bond donors (Lipinski definition) is 2. The van der Waals surface area contributed by atoms with Crippen molar-refractivity contribution >= 4 is 5.97 Å². The van der Waals surface area contributed by atoms with Crippen LogP contribution in [0.3, 0.4) is 0 Å². The fraction of sp³-hybridized carbons (Fsp3) is 0.720. The number of aliphatic hydroxyl groups is 2. The first-order valence-corrected chi connectivity index (χ1v) is 11.7. The smallest absolute Gasteiger partial charge is 0.342 e. The van der Waals surface area contributed by atoms with Crippen LogP contribution < -0.4 is 9.47 Å². The summed E-state index contributed by atoms with van der Waals surface area (Å²) in [4.78, 5) is 12.5. The third kappa shape index (κ3) is 2.29. The van der Waals surface area contributed by atoms with Crippen molar-refractivity contribution < 1.29 is 38.7 Å². The minimum atomic E-state index is -1.70. The van der Waals surface area contributed by atoms with E-state index in [0.717, 1.165) is 16.7 Å². The molecular weight excluding hydrogens is 428 g/mol. The Labute approximate surface area is 193 Å². The van der Waals surface area contributed by atoms with Gasteiger partial charge >= 0.3 is 5.97 Å². The first kappa shape index (κ1) is 21.6. The van der Waals surface area contributed by atoms with E-state index in [4.69, 9.17) is 23.7 Å². The van der Waals surface area contributed by atoms with Crippen molar-refractivity contribution in [3.05, 3.63) is 22.3 Å². The Morgan fingerprint density at radius 2 is 1.82 bits per heavy atom. The third-order valence-electron chi connectivity index (χ3n) is 9.38. The molecule has 8 heteroatoms. The number of cyclic esters (lactones) is 1. The van der Waals surface area contributed by atoms with Gasteiger partial charge in [0.05, 0.1) is 13.2 Å². The van der Waals surface area contributed by atoms with E-state index < -0.39 is 34.3 Å². The summed E-state index contributed by atoms with van der Waals surface area (Å²) in [5.41, 5.74) is -0.292. The van der Waals surface area contributed by atoms with Gasteiger partial charge in [-0.1, -0.05) is 6.92 Å². The molecule has 0 aromatic heterocycles. The van der Waals surface area contributed by atoms with Gasteiger partial charge in [0.2, 0.25) is 0 Å². The van der Waals surface area contributed by atoms with E-state index in [9.17, 15) is 15.0 Å². The Kier molecular flexibility index (Phi) is 3.95. The molecule has 2 bridgehead atoms. The minimum absolute atomic E-state index is 0.0878. The van der Waals surface area contributed by atoms with Gasteiger partial charge in [-0.2, -0.15) is 0 Å². The molecule has 1 saturated carbocycles. The van der Waals surface area contributed by atoms with E-state index in [1.54, 1.807) is 7.11 Å². The second kappa shape index (κ2) is 6.03. The maximum atomic E-state index is 12.5. The summed E-state index contributed by atoms with van der Waals surface area (Å²) in [6, 6.07) is 0. The monoisotopic (exact) mass is 460 g/mol. The molecule has 33 heavy (non-hydrogen) atoms. The van der Waals surface area contributed by atoms with Crippen LogP contribution in [0.2, 0.25) is 0 Å². The van der Waals surface area contributed by atoms with E-state index in [0.29, 0.717) is 42.7 Å². The number of ether oxygens (including phenoxy) is 5. The average Bonchev–Trinajstić information content (AvgIpc) is 3.19. The Hall–Kier alpha value is -1.87. The Morgan fingerprint density at radius 3 is 2.52 bits per heavy atom. The lowest BCUT2D eigenvalue weighted by molar-refractivity contribution is -0.384. The number of fused-ring (bicyclic) bond motifs is 5. The van der Waals surface area contributed by atoms with Gasteiger partial charge in [-0.15, -0.1) is 0 Å².